The molecule has 2 heterocycles. The van der Waals surface area contributed by atoms with Crippen molar-refractivity contribution in [2.45, 2.75) is 58.0 Å². The smallest absolute Gasteiger partial charge is 0.251 e. The van der Waals surface area contributed by atoms with E-state index in [1.807, 2.05) is 4.90 Å². The van der Waals surface area contributed by atoms with Crippen LogP contribution in [-0.2, 0) is 4.79 Å². The molecule has 1 amide bonds. The Morgan fingerprint density at radius 2 is 1.76 bits per heavy atom. The molecule has 1 fully saturated rings. The highest BCUT2D eigenvalue weighted by Gasteiger charge is 2.41. The van der Waals surface area contributed by atoms with E-state index in [0.717, 1.165) is 31.5 Å². The lowest BCUT2D eigenvalue weighted by Gasteiger charge is -2.32. The van der Waals surface area contributed by atoms with Crippen molar-refractivity contribution in [2.75, 3.05) is 13.1 Å². The molecule has 3 nitrogen and oxygen atoms in total. The molecule has 0 unspecified atom stereocenters. The minimum atomic E-state index is -0.210. The maximum absolute atomic E-state index is 12.5. The second-order valence-corrected chi connectivity index (χ2v) is 6.38. The Bertz CT molecular complexity index is 349. The van der Waals surface area contributed by atoms with E-state index in [1.54, 1.807) is 0 Å². The average Bonchev–Trinajstić information content (AvgIpc) is 2.47. The summed E-state index contributed by atoms with van der Waals surface area (Å²) in [5.41, 5.74) is 0.645. The van der Waals surface area contributed by atoms with Crippen LogP contribution in [0.3, 0.4) is 0 Å². The quantitative estimate of drug-likeness (QED) is 0.756. The highest BCUT2D eigenvalue weighted by molar-refractivity contribution is 5.96. The van der Waals surface area contributed by atoms with Crippen LogP contribution in [0.2, 0.25) is 0 Å². The van der Waals surface area contributed by atoms with Crippen molar-refractivity contribution in [3.05, 3.63) is 11.6 Å². The van der Waals surface area contributed by atoms with E-state index in [1.165, 1.54) is 6.42 Å². The number of hydrogen-bond donors (Lipinski definition) is 1. The summed E-state index contributed by atoms with van der Waals surface area (Å²) >= 11 is 0. The molecule has 17 heavy (non-hydrogen) atoms. The number of likely N-dealkylation sites (tertiary alicyclic amines) is 1. The van der Waals surface area contributed by atoms with Gasteiger partial charge in [-0.25, -0.2) is 0 Å². The molecular formula is C14H24N2O. The number of rotatable bonds is 1. The van der Waals surface area contributed by atoms with Gasteiger partial charge in [-0.2, -0.15) is 0 Å². The van der Waals surface area contributed by atoms with E-state index in [0.29, 0.717) is 0 Å². The van der Waals surface area contributed by atoms with Crippen LogP contribution in [0.4, 0.5) is 0 Å². The lowest BCUT2D eigenvalue weighted by molar-refractivity contribution is -0.128. The molecule has 96 valence electrons. The molecule has 2 aliphatic rings. The third-order valence-electron chi connectivity index (χ3n) is 3.69. The van der Waals surface area contributed by atoms with Crippen LogP contribution in [0.5, 0.6) is 0 Å². The third-order valence-corrected chi connectivity index (χ3v) is 3.69. The molecule has 2 rings (SSSR count). The standard InChI is InChI=1S/C14H24N2O/c1-13(2)10-11(14(3,4)15-13)12(17)16-8-6-5-7-9-16/h10,15H,5-9H2,1-4H3. The van der Waals surface area contributed by atoms with E-state index in [4.69, 9.17) is 0 Å². The van der Waals surface area contributed by atoms with Crippen LogP contribution in [0, 0.1) is 0 Å². The molecule has 3 heteroatoms. The number of carbonyl (C=O) groups excluding carboxylic acids is 1. The first-order valence-electron chi connectivity index (χ1n) is 6.64. The predicted octanol–water partition coefficient (Wildman–Crippen LogP) is 2.09. The molecule has 0 aromatic heterocycles. The van der Waals surface area contributed by atoms with Gasteiger partial charge in [-0.05, 0) is 47.0 Å². The topological polar surface area (TPSA) is 32.3 Å². The second-order valence-electron chi connectivity index (χ2n) is 6.38. The summed E-state index contributed by atoms with van der Waals surface area (Å²) in [4.78, 5) is 14.5. The fourth-order valence-electron chi connectivity index (χ4n) is 3.05. The van der Waals surface area contributed by atoms with Gasteiger partial charge in [-0.15, -0.1) is 0 Å². The molecule has 1 saturated heterocycles. The molecule has 0 aromatic rings. The van der Waals surface area contributed by atoms with Crippen molar-refractivity contribution >= 4 is 5.91 Å². The number of hydrogen-bond acceptors (Lipinski definition) is 2. The van der Waals surface area contributed by atoms with Crippen molar-refractivity contribution in [1.82, 2.24) is 10.2 Å². The molecule has 0 atom stereocenters. The summed E-state index contributed by atoms with van der Waals surface area (Å²) in [5.74, 6) is 0.229. The zero-order valence-electron chi connectivity index (χ0n) is 11.5. The van der Waals surface area contributed by atoms with Crippen LogP contribution in [0.1, 0.15) is 47.0 Å². The Labute approximate surface area is 104 Å². The van der Waals surface area contributed by atoms with Crippen LogP contribution < -0.4 is 5.32 Å². The van der Waals surface area contributed by atoms with Crippen molar-refractivity contribution in [2.24, 2.45) is 0 Å². The first-order valence-corrected chi connectivity index (χ1v) is 6.64. The Morgan fingerprint density at radius 3 is 2.24 bits per heavy atom. The fraction of sp³-hybridized carbons (Fsp3) is 0.786. The largest absolute Gasteiger partial charge is 0.339 e. The van der Waals surface area contributed by atoms with Gasteiger partial charge >= 0.3 is 0 Å². The van der Waals surface area contributed by atoms with Crippen molar-refractivity contribution in [1.29, 1.82) is 0 Å². The van der Waals surface area contributed by atoms with Gasteiger partial charge in [0.05, 0.1) is 0 Å². The monoisotopic (exact) mass is 236 g/mol. The van der Waals surface area contributed by atoms with E-state index in [-0.39, 0.29) is 17.0 Å². The summed E-state index contributed by atoms with van der Waals surface area (Å²) in [7, 11) is 0. The maximum atomic E-state index is 12.5. The zero-order chi connectivity index (χ0) is 12.7. The molecule has 0 radical (unpaired) electrons. The van der Waals surface area contributed by atoms with Crippen LogP contribution in [-0.4, -0.2) is 35.0 Å². The molecule has 0 saturated carbocycles. The third kappa shape index (κ3) is 2.54. The second kappa shape index (κ2) is 4.13. The van der Waals surface area contributed by atoms with Crippen molar-refractivity contribution < 1.29 is 4.79 Å². The van der Waals surface area contributed by atoms with E-state index < -0.39 is 0 Å². The van der Waals surface area contributed by atoms with E-state index >= 15 is 0 Å². The number of nitrogens with one attached hydrogen (secondary N) is 1. The van der Waals surface area contributed by atoms with Gasteiger partial charge in [-0.1, -0.05) is 6.08 Å². The molecule has 0 aromatic carbocycles. The molecule has 0 aliphatic carbocycles. The highest BCUT2D eigenvalue weighted by Crippen LogP contribution is 2.31. The maximum Gasteiger partial charge on any atom is 0.251 e. The Kier molecular flexibility index (Phi) is 3.06. The SMILES string of the molecule is CC1(C)C=C(C(=O)N2CCCCC2)C(C)(C)N1. The fourth-order valence-corrected chi connectivity index (χ4v) is 3.05. The summed E-state index contributed by atoms with van der Waals surface area (Å²) in [6.07, 6.45) is 5.66. The molecule has 1 N–H and O–H groups in total. The van der Waals surface area contributed by atoms with Crippen molar-refractivity contribution in [3.8, 4) is 0 Å². The van der Waals surface area contributed by atoms with E-state index in [9.17, 15) is 4.79 Å². The molecule has 0 bridgehead atoms. The molecule has 0 spiro atoms. The molecular weight excluding hydrogens is 212 g/mol. The lowest BCUT2D eigenvalue weighted by Crippen LogP contribution is -2.48. The molecule has 2 aliphatic heterocycles. The Balaban J connectivity index is 2.18. The summed E-state index contributed by atoms with van der Waals surface area (Å²) < 4.78 is 0. The average molecular weight is 236 g/mol. The number of nitrogens with zero attached hydrogens (tertiary/aromatic N) is 1. The first-order chi connectivity index (χ1) is 7.82. The van der Waals surface area contributed by atoms with Gasteiger partial charge in [0.2, 0.25) is 0 Å². The van der Waals surface area contributed by atoms with Gasteiger partial charge in [0.15, 0.2) is 0 Å². The number of carbonyl (C=O) groups is 1. The first kappa shape index (κ1) is 12.6. The highest BCUT2D eigenvalue weighted by atomic mass is 16.2. The van der Waals surface area contributed by atoms with E-state index in [2.05, 4.69) is 39.1 Å². The number of piperidine rings is 1. The van der Waals surface area contributed by atoms with Crippen molar-refractivity contribution in [3.63, 3.8) is 0 Å². The summed E-state index contributed by atoms with van der Waals surface area (Å²) in [6, 6.07) is 0. The van der Waals surface area contributed by atoms with Crippen LogP contribution >= 0.6 is 0 Å². The Hall–Kier alpha value is -0.830. The van der Waals surface area contributed by atoms with Gasteiger partial charge in [0, 0.05) is 29.7 Å². The van der Waals surface area contributed by atoms with Gasteiger partial charge in [-0.3, -0.25) is 10.1 Å². The zero-order valence-corrected chi connectivity index (χ0v) is 11.5. The number of amides is 1. The summed E-state index contributed by atoms with van der Waals surface area (Å²) in [5, 5.41) is 3.50. The minimum absolute atomic E-state index is 0.0791. The lowest BCUT2D eigenvalue weighted by atomic mass is 9.95. The van der Waals surface area contributed by atoms with Crippen LogP contribution in [0.15, 0.2) is 11.6 Å². The normalized spacial score (nSPS) is 26.8. The predicted molar refractivity (Wildman–Crippen MR) is 69.8 cm³/mol. The van der Waals surface area contributed by atoms with Gasteiger partial charge in [0.25, 0.3) is 5.91 Å². The van der Waals surface area contributed by atoms with Crippen LogP contribution in [0.25, 0.3) is 0 Å². The Morgan fingerprint density at radius 1 is 1.18 bits per heavy atom. The minimum Gasteiger partial charge on any atom is -0.339 e. The summed E-state index contributed by atoms with van der Waals surface area (Å²) in [6.45, 7) is 10.3. The van der Waals surface area contributed by atoms with Gasteiger partial charge in [0.1, 0.15) is 0 Å². The van der Waals surface area contributed by atoms with Gasteiger partial charge < -0.3 is 4.90 Å².